The van der Waals surface area contributed by atoms with Gasteiger partial charge in [0.15, 0.2) is 6.10 Å². The van der Waals surface area contributed by atoms with Crippen molar-refractivity contribution in [3.8, 4) is 0 Å². The van der Waals surface area contributed by atoms with Crippen LogP contribution >= 0.6 is 0 Å². The molecule has 0 aromatic rings. The number of unbranched alkanes of at least 4 members (excludes halogenated alkanes) is 19. The normalized spacial score (nSPS) is 12.9. The van der Waals surface area contributed by atoms with Crippen molar-refractivity contribution in [1.82, 2.24) is 0 Å². The molecule has 0 rings (SSSR count). The van der Waals surface area contributed by atoms with Crippen molar-refractivity contribution in [2.75, 3.05) is 13.2 Å². The fraction of sp³-hybridized carbons (Fsp3) is 0.656. The van der Waals surface area contributed by atoms with Crippen LogP contribution in [0.2, 0.25) is 0 Å². The molecule has 0 aliphatic rings. The number of carbonyl (C=O) groups is 3. The third-order valence-corrected chi connectivity index (χ3v) is 11.2. The maximum absolute atomic E-state index is 12.8. The molecule has 0 spiro atoms. The number of rotatable bonds is 48. The SMILES string of the molecule is CCCCC/C=C\C/C=C\C/C=C\C/C=C\CCCC(=O)OC[C@H](COC(=O)CCCCCCC/C=C\C/C=C\CCCCC)OC(=O)CCCCCC/C=C\C/C=C\C/C=C\CCCCC. The quantitative estimate of drug-likeness (QED) is 0.0262. The van der Waals surface area contributed by atoms with Crippen molar-refractivity contribution in [1.29, 1.82) is 0 Å². The fourth-order valence-corrected chi connectivity index (χ4v) is 7.06. The van der Waals surface area contributed by atoms with Crippen molar-refractivity contribution in [3.63, 3.8) is 0 Å². The van der Waals surface area contributed by atoms with Crippen LogP contribution in [0, 0.1) is 0 Å². The van der Waals surface area contributed by atoms with E-state index in [1.54, 1.807) is 0 Å². The minimum atomic E-state index is -0.820. The first kappa shape index (κ1) is 63.1. The molecule has 380 valence electrons. The predicted octanol–water partition coefficient (Wildman–Crippen LogP) is 18.3. The smallest absolute Gasteiger partial charge is 0.306 e. The maximum Gasteiger partial charge on any atom is 0.306 e. The second-order valence-corrected chi connectivity index (χ2v) is 17.8. The van der Waals surface area contributed by atoms with Crippen LogP contribution in [0.1, 0.15) is 239 Å². The Morgan fingerprint density at radius 2 is 0.552 bits per heavy atom. The van der Waals surface area contributed by atoms with Gasteiger partial charge in [-0.25, -0.2) is 0 Å². The van der Waals surface area contributed by atoms with Gasteiger partial charge in [0.2, 0.25) is 0 Å². The van der Waals surface area contributed by atoms with Crippen molar-refractivity contribution < 1.29 is 28.6 Å². The predicted molar refractivity (Wildman–Crippen MR) is 288 cm³/mol. The number of hydrogen-bond donors (Lipinski definition) is 0. The van der Waals surface area contributed by atoms with E-state index in [-0.39, 0.29) is 44.0 Å². The molecule has 6 heteroatoms. The standard InChI is InChI=1S/C61H100O6/c1-4-7-10-13-16-19-22-25-28-30-33-36-39-42-45-48-51-54-60(63)66-57-58(56-65-59(62)53-50-47-44-41-38-35-32-27-24-21-18-15-12-9-6-3)67-61(64)55-52-49-46-43-40-37-34-31-29-26-23-20-17-14-11-8-5-2/h16-21,25-29,32-34,36-37,42,45,58H,4-15,22-24,30-31,35,38-41,43-44,46-57H2,1-3H3/b19-16-,20-17-,21-18-,28-25-,29-26-,32-27-,36-33-,37-34-,45-42-/t58-/m0/s1. The molecule has 0 radical (unpaired) electrons. The van der Waals surface area contributed by atoms with Gasteiger partial charge in [0.1, 0.15) is 13.2 Å². The fourth-order valence-electron chi connectivity index (χ4n) is 7.06. The molecule has 0 amide bonds. The molecule has 0 bridgehead atoms. The Bertz CT molecular complexity index is 1390. The van der Waals surface area contributed by atoms with E-state index in [1.165, 1.54) is 77.0 Å². The molecule has 0 aromatic heterocycles. The van der Waals surface area contributed by atoms with Gasteiger partial charge in [-0.2, -0.15) is 0 Å². The Morgan fingerprint density at radius 3 is 0.896 bits per heavy atom. The molecule has 0 unspecified atom stereocenters. The molecule has 0 aliphatic carbocycles. The van der Waals surface area contributed by atoms with Gasteiger partial charge in [0, 0.05) is 19.3 Å². The van der Waals surface area contributed by atoms with Crippen molar-refractivity contribution in [3.05, 3.63) is 109 Å². The molecule has 0 N–H and O–H groups in total. The monoisotopic (exact) mass is 929 g/mol. The van der Waals surface area contributed by atoms with Gasteiger partial charge >= 0.3 is 17.9 Å². The lowest BCUT2D eigenvalue weighted by Crippen LogP contribution is -2.30. The van der Waals surface area contributed by atoms with E-state index in [0.717, 1.165) is 116 Å². The summed E-state index contributed by atoms with van der Waals surface area (Å²) in [7, 11) is 0. The Labute approximate surface area is 412 Å². The van der Waals surface area contributed by atoms with Crippen LogP contribution in [0.25, 0.3) is 0 Å². The van der Waals surface area contributed by atoms with E-state index in [4.69, 9.17) is 14.2 Å². The Kier molecular flexibility index (Phi) is 51.5. The zero-order chi connectivity index (χ0) is 48.6. The second-order valence-electron chi connectivity index (χ2n) is 17.8. The molecule has 0 aromatic carbocycles. The van der Waals surface area contributed by atoms with Gasteiger partial charge in [-0.15, -0.1) is 0 Å². The van der Waals surface area contributed by atoms with E-state index in [1.807, 2.05) is 0 Å². The van der Waals surface area contributed by atoms with Crippen LogP contribution in [0.4, 0.5) is 0 Å². The van der Waals surface area contributed by atoms with Gasteiger partial charge in [-0.1, -0.05) is 201 Å². The summed E-state index contributed by atoms with van der Waals surface area (Å²) in [4.78, 5) is 38.1. The van der Waals surface area contributed by atoms with E-state index < -0.39 is 6.10 Å². The van der Waals surface area contributed by atoms with Gasteiger partial charge in [-0.05, 0) is 128 Å². The van der Waals surface area contributed by atoms with Gasteiger partial charge < -0.3 is 14.2 Å². The summed E-state index contributed by atoms with van der Waals surface area (Å²) in [6.45, 7) is 6.47. The van der Waals surface area contributed by atoms with Crippen LogP contribution < -0.4 is 0 Å². The van der Waals surface area contributed by atoms with Crippen LogP contribution in [-0.2, 0) is 28.6 Å². The van der Waals surface area contributed by atoms with E-state index >= 15 is 0 Å². The second kappa shape index (κ2) is 54.7. The van der Waals surface area contributed by atoms with Gasteiger partial charge in [0.25, 0.3) is 0 Å². The number of carbonyl (C=O) groups excluding carboxylic acids is 3. The number of allylic oxidation sites excluding steroid dienone is 18. The number of esters is 3. The summed E-state index contributed by atoms with van der Waals surface area (Å²) in [6, 6.07) is 0. The molecule has 0 fully saturated rings. The molecule has 67 heavy (non-hydrogen) atoms. The lowest BCUT2D eigenvalue weighted by Gasteiger charge is -2.18. The zero-order valence-corrected chi connectivity index (χ0v) is 43.4. The van der Waals surface area contributed by atoms with Crippen molar-refractivity contribution in [2.24, 2.45) is 0 Å². The first-order valence-corrected chi connectivity index (χ1v) is 27.4. The van der Waals surface area contributed by atoms with E-state index in [9.17, 15) is 14.4 Å². The zero-order valence-electron chi connectivity index (χ0n) is 43.4. The molecular weight excluding hydrogens is 829 g/mol. The number of hydrogen-bond acceptors (Lipinski definition) is 6. The summed E-state index contributed by atoms with van der Waals surface area (Å²) in [6.07, 6.45) is 73.6. The molecule has 1 atom stereocenters. The molecular formula is C61H100O6. The first-order valence-electron chi connectivity index (χ1n) is 27.4. The van der Waals surface area contributed by atoms with Crippen molar-refractivity contribution in [2.45, 2.75) is 245 Å². The third-order valence-electron chi connectivity index (χ3n) is 11.2. The van der Waals surface area contributed by atoms with Gasteiger partial charge in [0.05, 0.1) is 0 Å². The molecule has 0 heterocycles. The highest BCUT2D eigenvalue weighted by molar-refractivity contribution is 5.71. The molecule has 0 aliphatic heterocycles. The Hall–Kier alpha value is -3.93. The Morgan fingerprint density at radius 1 is 0.299 bits per heavy atom. The minimum Gasteiger partial charge on any atom is -0.462 e. The van der Waals surface area contributed by atoms with Gasteiger partial charge in [-0.3, -0.25) is 14.4 Å². The molecule has 0 saturated carbocycles. The Balaban J connectivity index is 4.56. The maximum atomic E-state index is 12.8. The summed E-state index contributed by atoms with van der Waals surface area (Å²) in [5.74, 6) is -1.01. The minimum absolute atomic E-state index is 0.113. The average molecular weight is 929 g/mol. The van der Waals surface area contributed by atoms with Crippen LogP contribution in [0.3, 0.4) is 0 Å². The van der Waals surface area contributed by atoms with Crippen LogP contribution in [-0.4, -0.2) is 37.2 Å². The lowest BCUT2D eigenvalue weighted by atomic mass is 10.1. The summed E-state index contributed by atoms with van der Waals surface area (Å²) in [5, 5.41) is 0. The molecule has 6 nitrogen and oxygen atoms in total. The lowest BCUT2D eigenvalue weighted by molar-refractivity contribution is -0.167. The summed E-state index contributed by atoms with van der Waals surface area (Å²) in [5.41, 5.74) is 0. The van der Waals surface area contributed by atoms with E-state index in [2.05, 4.69) is 130 Å². The topological polar surface area (TPSA) is 78.9 Å². The van der Waals surface area contributed by atoms with Crippen LogP contribution in [0.5, 0.6) is 0 Å². The molecule has 0 saturated heterocycles. The van der Waals surface area contributed by atoms with Crippen LogP contribution in [0.15, 0.2) is 109 Å². The summed E-state index contributed by atoms with van der Waals surface area (Å²) < 4.78 is 16.8. The highest BCUT2D eigenvalue weighted by Crippen LogP contribution is 2.12. The highest BCUT2D eigenvalue weighted by atomic mass is 16.6. The largest absolute Gasteiger partial charge is 0.462 e. The third kappa shape index (κ3) is 52.9. The highest BCUT2D eigenvalue weighted by Gasteiger charge is 2.19. The first-order chi connectivity index (χ1) is 33.0. The average Bonchev–Trinajstić information content (AvgIpc) is 3.33. The van der Waals surface area contributed by atoms with E-state index in [0.29, 0.717) is 12.8 Å². The number of ether oxygens (including phenoxy) is 3. The van der Waals surface area contributed by atoms with Crippen molar-refractivity contribution >= 4 is 17.9 Å². The summed E-state index contributed by atoms with van der Waals surface area (Å²) >= 11 is 0.